The van der Waals surface area contributed by atoms with Gasteiger partial charge in [0.1, 0.15) is 10.8 Å². The Kier molecular flexibility index (Phi) is 5.61. The molecule has 26 heavy (non-hydrogen) atoms. The SMILES string of the molecule is CC(C)COc1ccc(C(=O)Nc2sc3c(c2C(N)=O)CCCC3)cc1. The highest BCUT2D eigenvalue weighted by molar-refractivity contribution is 7.17. The fourth-order valence-electron chi connectivity index (χ4n) is 3.06. The first-order chi connectivity index (χ1) is 12.5. The van der Waals surface area contributed by atoms with Crippen LogP contribution in [0.3, 0.4) is 0 Å². The van der Waals surface area contributed by atoms with Crippen LogP contribution >= 0.6 is 11.3 Å². The maximum Gasteiger partial charge on any atom is 0.256 e. The van der Waals surface area contributed by atoms with Gasteiger partial charge in [-0.05, 0) is 61.4 Å². The van der Waals surface area contributed by atoms with Gasteiger partial charge in [0.05, 0.1) is 12.2 Å². The molecule has 0 saturated carbocycles. The average molecular weight is 372 g/mol. The minimum absolute atomic E-state index is 0.249. The van der Waals surface area contributed by atoms with Gasteiger partial charge >= 0.3 is 0 Å². The summed E-state index contributed by atoms with van der Waals surface area (Å²) in [5, 5.41) is 3.44. The van der Waals surface area contributed by atoms with Crippen LogP contribution in [0.15, 0.2) is 24.3 Å². The zero-order valence-corrected chi connectivity index (χ0v) is 15.9. The highest BCUT2D eigenvalue weighted by atomic mass is 32.1. The molecule has 5 nitrogen and oxygen atoms in total. The third kappa shape index (κ3) is 4.07. The summed E-state index contributed by atoms with van der Waals surface area (Å²) in [6.07, 6.45) is 3.95. The lowest BCUT2D eigenvalue weighted by Crippen LogP contribution is -2.18. The first-order valence-electron chi connectivity index (χ1n) is 8.94. The molecule has 1 aromatic heterocycles. The number of carbonyl (C=O) groups excluding carboxylic acids is 2. The molecule has 0 fully saturated rings. The lowest BCUT2D eigenvalue weighted by atomic mass is 9.95. The maximum atomic E-state index is 12.6. The van der Waals surface area contributed by atoms with Crippen molar-refractivity contribution in [3.05, 3.63) is 45.8 Å². The molecule has 1 aliphatic rings. The summed E-state index contributed by atoms with van der Waals surface area (Å²) < 4.78 is 5.64. The number of nitrogens with one attached hydrogen (secondary N) is 1. The van der Waals surface area contributed by atoms with Gasteiger partial charge in [0, 0.05) is 10.4 Å². The molecule has 1 aromatic carbocycles. The minimum atomic E-state index is -0.475. The normalized spacial score (nSPS) is 13.3. The van der Waals surface area contributed by atoms with Gasteiger partial charge in [-0.15, -0.1) is 11.3 Å². The van der Waals surface area contributed by atoms with Gasteiger partial charge in [-0.25, -0.2) is 0 Å². The first-order valence-corrected chi connectivity index (χ1v) is 9.76. The fourth-order valence-corrected chi connectivity index (χ4v) is 4.35. The van der Waals surface area contributed by atoms with Crippen molar-refractivity contribution in [1.29, 1.82) is 0 Å². The second-order valence-electron chi connectivity index (χ2n) is 6.96. The smallest absolute Gasteiger partial charge is 0.256 e. The van der Waals surface area contributed by atoms with E-state index in [-0.39, 0.29) is 5.91 Å². The van der Waals surface area contributed by atoms with E-state index in [9.17, 15) is 9.59 Å². The molecule has 0 aliphatic heterocycles. The predicted octanol–water partition coefficient (Wildman–Crippen LogP) is 4.01. The van der Waals surface area contributed by atoms with Crippen LogP contribution in [0.5, 0.6) is 5.75 Å². The van der Waals surface area contributed by atoms with Gasteiger partial charge in [0.25, 0.3) is 11.8 Å². The van der Waals surface area contributed by atoms with Crippen LogP contribution in [0, 0.1) is 5.92 Å². The molecule has 3 rings (SSSR count). The van der Waals surface area contributed by atoms with E-state index in [1.54, 1.807) is 24.3 Å². The van der Waals surface area contributed by atoms with E-state index >= 15 is 0 Å². The number of carbonyl (C=O) groups is 2. The number of anilines is 1. The first kappa shape index (κ1) is 18.5. The van der Waals surface area contributed by atoms with Crippen LogP contribution in [0.1, 0.15) is 57.8 Å². The number of hydrogen-bond acceptors (Lipinski definition) is 4. The quantitative estimate of drug-likeness (QED) is 0.804. The van der Waals surface area contributed by atoms with Gasteiger partial charge < -0.3 is 15.8 Å². The molecular formula is C20H24N2O3S. The number of ether oxygens (including phenoxy) is 1. The van der Waals surface area contributed by atoms with Crippen molar-refractivity contribution in [2.24, 2.45) is 11.7 Å². The number of aryl methyl sites for hydroxylation is 1. The summed E-state index contributed by atoms with van der Waals surface area (Å²) in [7, 11) is 0. The molecule has 3 N–H and O–H groups in total. The van der Waals surface area contributed by atoms with Crippen molar-refractivity contribution in [1.82, 2.24) is 0 Å². The standard InChI is InChI=1S/C20H24N2O3S/c1-12(2)11-25-14-9-7-13(8-10-14)19(24)22-20-17(18(21)23)15-5-3-4-6-16(15)26-20/h7-10,12H,3-6,11H2,1-2H3,(H2,21,23)(H,22,24). The molecule has 0 atom stereocenters. The molecule has 2 aromatic rings. The van der Waals surface area contributed by atoms with Crippen molar-refractivity contribution in [3.63, 3.8) is 0 Å². The van der Waals surface area contributed by atoms with Gasteiger partial charge in [0.2, 0.25) is 0 Å². The third-order valence-electron chi connectivity index (χ3n) is 4.34. The average Bonchev–Trinajstić information content (AvgIpc) is 2.98. The van der Waals surface area contributed by atoms with E-state index in [1.165, 1.54) is 11.3 Å². The molecule has 0 saturated heterocycles. The zero-order chi connectivity index (χ0) is 18.7. The Morgan fingerprint density at radius 1 is 1.19 bits per heavy atom. The van der Waals surface area contributed by atoms with Crippen molar-refractivity contribution in [2.45, 2.75) is 39.5 Å². The maximum absolute atomic E-state index is 12.6. The van der Waals surface area contributed by atoms with Gasteiger partial charge in [-0.1, -0.05) is 13.8 Å². The second kappa shape index (κ2) is 7.91. The third-order valence-corrected chi connectivity index (χ3v) is 5.55. The second-order valence-corrected chi connectivity index (χ2v) is 8.07. The van der Waals surface area contributed by atoms with Gasteiger partial charge in [0.15, 0.2) is 0 Å². The van der Waals surface area contributed by atoms with E-state index in [2.05, 4.69) is 19.2 Å². The van der Waals surface area contributed by atoms with Crippen LogP contribution in [0.4, 0.5) is 5.00 Å². The highest BCUT2D eigenvalue weighted by Gasteiger charge is 2.25. The molecule has 1 heterocycles. The molecule has 0 unspecified atom stereocenters. The Labute approximate surface area is 157 Å². The van der Waals surface area contributed by atoms with Gasteiger partial charge in [-0.2, -0.15) is 0 Å². The number of thiophene rings is 1. The van der Waals surface area contributed by atoms with Crippen molar-refractivity contribution < 1.29 is 14.3 Å². The van der Waals surface area contributed by atoms with E-state index in [4.69, 9.17) is 10.5 Å². The number of benzene rings is 1. The molecule has 0 radical (unpaired) electrons. The Morgan fingerprint density at radius 3 is 2.54 bits per heavy atom. The summed E-state index contributed by atoms with van der Waals surface area (Å²) in [6.45, 7) is 4.80. The number of nitrogens with two attached hydrogens (primary N) is 1. The van der Waals surface area contributed by atoms with E-state index < -0.39 is 5.91 Å². The Bertz CT molecular complexity index is 809. The monoisotopic (exact) mass is 372 g/mol. The van der Waals surface area contributed by atoms with Crippen molar-refractivity contribution in [2.75, 3.05) is 11.9 Å². The summed E-state index contributed by atoms with van der Waals surface area (Å²) in [6, 6.07) is 7.02. The molecular weight excluding hydrogens is 348 g/mol. The van der Waals surface area contributed by atoms with Crippen LogP contribution in [0.25, 0.3) is 0 Å². The summed E-state index contributed by atoms with van der Waals surface area (Å²) in [5.41, 5.74) is 7.59. The number of primary amides is 1. The Hall–Kier alpha value is -2.34. The van der Waals surface area contributed by atoms with Crippen molar-refractivity contribution >= 4 is 28.2 Å². The largest absolute Gasteiger partial charge is 0.493 e. The minimum Gasteiger partial charge on any atom is -0.493 e. The number of rotatable bonds is 6. The van der Waals surface area contributed by atoms with E-state index in [0.29, 0.717) is 28.7 Å². The van der Waals surface area contributed by atoms with Crippen LogP contribution in [-0.4, -0.2) is 18.4 Å². The Balaban J connectivity index is 1.76. The fraction of sp³-hybridized carbons (Fsp3) is 0.400. The Morgan fingerprint density at radius 2 is 1.88 bits per heavy atom. The van der Waals surface area contributed by atoms with E-state index in [0.717, 1.165) is 41.9 Å². The number of amides is 2. The predicted molar refractivity (Wildman–Crippen MR) is 104 cm³/mol. The molecule has 1 aliphatic carbocycles. The summed E-state index contributed by atoms with van der Waals surface area (Å²) >= 11 is 1.47. The topological polar surface area (TPSA) is 81.4 Å². The van der Waals surface area contributed by atoms with Crippen LogP contribution in [0.2, 0.25) is 0 Å². The molecule has 0 bridgehead atoms. The number of fused-ring (bicyclic) bond motifs is 1. The zero-order valence-electron chi connectivity index (χ0n) is 15.1. The summed E-state index contributed by atoms with van der Waals surface area (Å²) in [4.78, 5) is 25.7. The number of hydrogen-bond donors (Lipinski definition) is 2. The molecule has 138 valence electrons. The highest BCUT2D eigenvalue weighted by Crippen LogP contribution is 2.38. The molecule has 2 amide bonds. The molecule has 0 spiro atoms. The van der Waals surface area contributed by atoms with E-state index in [1.807, 2.05) is 0 Å². The van der Waals surface area contributed by atoms with Gasteiger partial charge in [-0.3, -0.25) is 9.59 Å². The lowest BCUT2D eigenvalue weighted by Gasteiger charge is -2.11. The van der Waals surface area contributed by atoms with Crippen LogP contribution < -0.4 is 15.8 Å². The lowest BCUT2D eigenvalue weighted by molar-refractivity contribution is 0.100. The van der Waals surface area contributed by atoms with Crippen molar-refractivity contribution in [3.8, 4) is 5.75 Å². The van der Waals surface area contributed by atoms with Crippen LogP contribution in [-0.2, 0) is 12.8 Å². The summed E-state index contributed by atoms with van der Waals surface area (Å²) in [5.74, 6) is 0.452. The molecule has 6 heteroatoms.